The zero-order valence-electron chi connectivity index (χ0n) is 19.5. The number of ether oxygens (including phenoxy) is 1. The molecule has 1 aromatic carbocycles. The van der Waals surface area contributed by atoms with Gasteiger partial charge in [-0.1, -0.05) is 31.2 Å². The van der Waals surface area contributed by atoms with E-state index >= 15 is 0 Å². The molecule has 180 valence electrons. The van der Waals surface area contributed by atoms with Crippen LogP contribution in [0.5, 0.6) is 5.75 Å². The summed E-state index contributed by atoms with van der Waals surface area (Å²) in [4.78, 5) is 21.4. The summed E-state index contributed by atoms with van der Waals surface area (Å²) in [6, 6.07) is 7.53. The summed E-state index contributed by atoms with van der Waals surface area (Å²) >= 11 is 0. The molecule has 2 unspecified atom stereocenters. The van der Waals surface area contributed by atoms with E-state index < -0.39 is 11.9 Å². The van der Waals surface area contributed by atoms with Crippen LogP contribution in [0.1, 0.15) is 44.0 Å². The summed E-state index contributed by atoms with van der Waals surface area (Å²) in [6.07, 6.45) is 9.44. The lowest BCUT2D eigenvalue weighted by Crippen LogP contribution is -2.37. The first-order valence-corrected chi connectivity index (χ1v) is 11.3. The van der Waals surface area contributed by atoms with Crippen molar-refractivity contribution in [3.8, 4) is 5.75 Å². The number of carboxylic acids is 1. The Bertz CT molecular complexity index is 1020. The standard InChI is InChI=1S/C15H21N3O2.C9H10O2.CH5N/c1-10-4-2-3-7-18(10)9-14-16-12-6-5-11(15(19)20)8-13(12)17-14;1-2-11-7-8-4-3-5-9(10)6-8;1-2/h6,8,10-11H,2-5,7,9H2,1H3,(H,16,17)(H,19,20);2-6,10H,1,7H2;2H2,1H3. The number of aliphatic carboxylic acids is 1. The number of benzene rings is 1. The molecular formula is C25H36N4O4. The predicted octanol–water partition coefficient (Wildman–Crippen LogP) is 2.08. The van der Waals surface area contributed by atoms with E-state index in [4.69, 9.17) is 14.9 Å². The van der Waals surface area contributed by atoms with E-state index in [2.05, 4.69) is 34.1 Å². The van der Waals surface area contributed by atoms with E-state index in [9.17, 15) is 4.79 Å². The van der Waals surface area contributed by atoms with Crippen LogP contribution in [0.3, 0.4) is 0 Å². The van der Waals surface area contributed by atoms with E-state index in [0.29, 0.717) is 19.1 Å². The van der Waals surface area contributed by atoms with Gasteiger partial charge < -0.3 is 25.7 Å². The molecular weight excluding hydrogens is 420 g/mol. The maximum absolute atomic E-state index is 11.0. The number of aromatic hydroxyl groups is 1. The number of phenols is 1. The number of carboxylic acid groups (broad SMARTS) is 1. The van der Waals surface area contributed by atoms with Crippen LogP contribution < -0.4 is 16.4 Å². The SMILES string of the molecule is C=COCc1cccc(O)c1.CC1CCCCN1Cc1nc2c([nH]1)=CC(C(=O)O)CC=2.CN. The van der Waals surface area contributed by atoms with E-state index in [0.717, 1.165) is 35.2 Å². The molecule has 8 nitrogen and oxygen atoms in total. The number of imidazole rings is 1. The molecule has 8 heteroatoms. The highest BCUT2D eigenvalue weighted by Gasteiger charge is 2.20. The lowest BCUT2D eigenvalue weighted by molar-refractivity contribution is -0.139. The topological polar surface area (TPSA) is 125 Å². The number of rotatable bonds is 6. The van der Waals surface area contributed by atoms with Crippen LogP contribution in [0.25, 0.3) is 12.2 Å². The zero-order chi connectivity index (χ0) is 24.2. The minimum absolute atomic E-state index is 0.259. The van der Waals surface area contributed by atoms with Crippen molar-refractivity contribution < 1.29 is 19.7 Å². The highest BCUT2D eigenvalue weighted by Crippen LogP contribution is 2.17. The molecule has 0 spiro atoms. The zero-order valence-corrected chi connectivity index (χ0v) is 19.5. The third-order valence-corrected chi connectivity index (χ3v) is 5.63. The number of H-pyrrole nitrogens is 1. The van der Waals surface area contributed by atoms with Gasteiger partial charge in [0.1, 0.15) is 18.2 Å². The number of nitrogens with zero attached hydrogens (tertiary/aromatic N) is 2. The Kier molecular flexibility index (Phi) is 10.7. The van der Waals surface area contributed by atoms with E-state index in [-0.39, 0.29) is 5.75 Å². The summed E-state index contributed by atoms with van der Waals surface area (Å²) in [7, 11) is 1.50. The second kappa shape index (κ2) is 13.4. The first-order chi connectivity index (χ1) is 16.0. The molecule has 4 rings (SSSR count). The Morgan fingerprint density at radius 3 is 2.85 bits per heavy atom. The van der Waals surface area contributed by atoms with Crippen molar-refractivity contribution in [1.29, 1.82) is 0 Å². The summed E-state index contributed by atoms with van der Waals surface area (Å²) in [5.41, 5.74) is 5.44. The molecule has 2 heterocycles. The number of piperidine rings is 1. The van der Waals surface area contributed by atoms with Gasteiger partial charge in [0.05, 0.1) is 29.4 Å². The summed E-state index contributed by atoms with van der Waals surface area (Å²) in [5, 5.41) is 19.9. The fourth-order valence-electron chi connectivity index (χ4n) is 3.88. The molecule has 1 saturated heterocycles. The third-order valence-electron chi connectivity index (χ3n) is 5.63. The first kappa shape index (κ1) is 26.2. The fourth-order valence-corrected chi connectivity index (χ4v) is 3.88. The molecule has 1 aliphatic heterocycles. The van der Waals surface area contributed by atoms with Gasteiger partial charge in [-0.15, -0.1) is 0 Å². The number of phenolic OH excluding ortho intramolecular Hbond substituents is 1. The van der Waals surface area contributed by atoms with Crippen molar-refractivity contribution in [2.45, 2.75) is 51.8 Å². The Morgan fingerprint density at radius 2 is 2.18 bits per heavy atom. The van der Waals surface area contributed by atoms with Crippen molar-refractivity contribution in [1.82, 2.24) is 14.9 Å². The van der Waals surface area contributed by atoms with Gasteiger partial charge in [-0.25, -0.2) is 4.98 Å². The number of carbonyl (C=O) groups is 1. The number of fused-ring (bicyclic) bond motifs is 1. The average Bonchev–Trinajstić information content (AvgIpc) is 3.22. The van der Waals surface area contributed by atoms with Gasteiger partial charge >= 0.3 is 5.97 Å². The van der Waals surface area contributed by atoms with Gasteiger partial charge in [0, 0.05) is 6.04 Å². The van der Waals surface area contributed by atoms with Crippen LogP contribution >= 0.6 is 0 Å². The van der Waals surface area contributed by atoms with E-state index in [1.54, 1.807) is 24.3 Å². The van der Waals surface area contributed by atoms with Crippen LogP contribution in [-0.2, 0) is 22.7 Å². The number of aromatic nitrogens is 2. The predicted molar refractivity (Wildman–Crippen MR) is 129 cm³/mol. The number of nitrogens with two attached hydrogens (primary N) is 1. The Labute approximate surface area is 195 Å². The molecule has 33 heavy (non-hydrogen) atoms. The molecule has 5 N–H and O–H groups in total. The van der Waals surface area contributed by atoms with Gasteiger partial charge in [-0.05, 0) is 63.6 Å². The van der Waals surface area contributed by atoms with Crippen molar-refractivity contribution >= 4 is 18.1 Å². The molecule has 0 saturated carbocycles. The van der Waals surface area contributed by atoms with Crippen molar-refractivity contribution in [2.75, 3.05) is 13.6 Å². The van der Waals surface area contributed by atoms with Crippen LogP contribution in [0.2, 0.25) is 0 Å². The number of aromatic amines is 1. The van der Waals surface area contributed by atoms with Gasteiger partial charge in [-0.2, -0.15) is 0 Å². The maximum atomic E-state index is 11.0. The lowest BCUT2D eigenvalue weighted by atomic mass is 10.0. The van der Waals surface area contributed by atoms with Gasteiger partial charge in [0.15, 0.2) is 0 Å². The number of hydrogen-bond acceptors (Lipinski definition) is 6. The van der Waals surface area contributed by atoms with E-state index in [1.807, 2.05) is 12.1 Å². The molecule has 0 amide bonds. The van der Waals surface area contributed by atoms with Gasteiger partial charge in [-0.3, -0.25) is 9.69 Å². The normalized spacial score (nSPS) is 19.2. The minimum Gasteiger partial charge on any atom is -0.508 e. The molecule has 2 atom stereocenters. The first-order valence-electron chi connectivity index (χ1n) is 11.3. The van der Waals surface area contributed by atoms with Crippen molar-refractivity contribution in [2.24, 2.45) is 11.7 Å². The molecule has 1 aromatic heterocycles. The number of nitrogens with one attached hydrogen (secondary N) is 1. The van der Waals surface area contributed by atoms with Crippen molar-refractivity contribution in [3.05, 3.63) is 59.2 Å². The Hall–Kier alpha value is -3.10. The average molecular weight is 457 g/mol. The van der Waals surface area contributed by atoms with E-state index in [1.165, 1.54) is 32.6 Å². The number of hydrogen-bond donors (Lipinski definition) is 4. The van der Waals surface area contributed by atoms with Crippen LogP contribution in [0.15, 0.2) is 37.1 Å². The third kappa shape index (κ3) is 8.07. The highest BCUT2D eigenvalue weighted by atomic mass is 16.5. The summed E-state index contributed by atoms with van der Waals surface area (Å²) in [5.74, 6) is 0.00913. The smallest absolute Gasteiger partial charge is 0.310 e. The van der Waals surface area contributed by atoms with Crippen LogP contribution in [-0.4, -0.2) is 50.7 Å². The Morgan fingerprint density at radius 1 is 1.39 bits per heavy atom. The van der Waals surface area contributed by atoms with Gasteiger partial charge in [0.2, 0.25) is 0 Å². The minimum atomic E-state index is -0.771. The quantitative estimate of drug-likeness (QED) is 0.491. The fraction of sp³-hybridized carbons (Fsp3) is 0.440. The monoisotopic (exact) mass is 456 g/mol. The highest BCUT2D eigenvalue weighted by molar-refractivity contribution is 5.78. The maximum Gasteiger partial charge on any atom is 0.310 e. The molecule has 2 aromatic rings. The molecule has 0 bridgehead atoms. The molecule has 2 aliphatic rings. The van der Waals surface area contributed by atoms with Gasteiger partial charge in [0.25, 0.3) is 0 Å². The van der Waals surface area contributed by atoms with Crippen LogP contribution in [0, 0.1) is 5.92 Å². The summed E-state index contributed by atoms with van der Waals surface area (Å²) in [6.45, 7) is 8.08. The Balaban J connectivity index is 0.000000252. The summed E-state index contributed by atoms with van der Waals surface area (Å²) < 4.78 is 4.93. The molecule has 1 aliphatic carbocycles. The molecule has 0 radical (unpaired) electrons. The second-order valence-corrected chi connectivity index (χ2v) is 8.00. The molecule has 1 fully saturated rings. The number of likely N-dealkylation sites (tertiary alicyclic amines) is 1. The second-order valence-electron chi connectivity index (χ2n) is 8.00. The van der Waals surface area contributed by atoms with Crippen LogP contribution in [0.4, 0.5) is 0 Å². The van der Waals surface area contributed by atoms with Crippen molar-refractivity contribution in [3.63, 3.8) is 0 Å². The lowest BCUT2D eigenvalue weighted by Gasteiger charge is -2.32. The largest absolute Gasteiger partial charge is 0.508 e.